The quantitative estimate of drug-likeness (QED) is 0.437. The van der Waals surface area contributed by atoms with Gasteiger partial charge in [0.2, 0.25) is 10.0 Å². The molecule has 0 saturated heterocycles. The summed E-state index contributed by atoms with van der Waals surface area (Å²) in [6, 6.07) is 3.22. The smallest absolute Gasteiger partial charge is 0.271 e. The van der Waals surface area contributed by atoms with Crippen LogP contribution in [0.4, 0.5) is 11.4 Å². The third kappa shape index (κ3) is 4.15. The number of sulfonamides is 1. The van der Waals surface area contributed by atoms with Crippen molar-refractivity contribution in [1.29, 1.82) is 0 Å². The zero-order valence-corrected chi connectivity index (χ0v) is 12.0. The molecule has 1 unspecified atom stereocenters. The van der Waals surface area contributed by atoms with E-state index in [1.54, 1.807) is 13.8 Å². The minimum absolute atomic E-state index is 0.0899. The fraction of sp³-hybridized carbons (Fsp3) is 0.455. The molecule has 0 bridgehead atoms. The second kappa shape index (κ2) is 6.64. The van der Waals surface area contributed by atoms with Gasteiger partial charge in [-0.1, -0.05) is 0 Å². The van der Waals surface area contributed by atoms with Crippen LogP contribution in [0.1, 0.15) is 13.8 Å². The van der Waals surface area contributed by atoms with Gasteiger partial charge in [0, 0.05) is 25.3 Å². The lowest BCUT2D eigenvalue weighted by Gasteiger charge is -2.13. The van der Waals surface area contributed by atoms with E-state index in [0.29, 0.717) is 6.61 Å². The molecule has 0 aliphatic rings. The van der Waals surface area contributed by atoms with Gasteiger partial charge >= 0.3 is 0 Å². The Kier molecular flexibility index (Phi) is 5.43. The highest BCUT2D eigenvalue weighted by Crippen LogP contribution is 2.23. The first-order valence-corrected chi connectivity index (χ1v) is 7.41. The standard InChI is InChI=1S/C11H17N3O5S/c1-3-19-8(2)7-13-20(17,18)11-5-4-9(14(15)16)6-10(11)12/h4-6,8,13H,3,7,12H2,1-2H3. The Labute approximate surface area is 117 Å². The fourth-order valence-electron chi connectivity index (χ4n) is 1.54. The monoisotopic (exact) mass is 303 g/mol. The van der Waals surface area contributed by atoms with Crippen molar-refractivity contribution in [1.82, 2.24) is 4.72 Å². The van der Waals surface area contributed by atoms with Gasteiger partial charge in [0.25, 0.3) is 5.69 Å². The summed E-state index contributed by atoms with van der Waals surface area (Å²) in [6.07, 6.45) is -0.283. The van der Waals surface area contributed by atoms with Crippen molar-refractivity contribution >= 4 is 21.4 Å². The van der Waals surface area contributed by atoms with Crippen molar-refractivity contribution in [3.05, 3.63) is 28.3 Å². The van der Waals surface area contributed by atoms with E-state index < -0.39 is 14.9 Å². The van der Waals surface area contributed by atoms with Gasteiger partial charge in [0.05, 0.1) is 16.7 Å². The van der Waals surface area contributed by atoms with Crippen molar-refractivity contribution < 1.29 is 18.1 Å². The molecule has 1 rings (SSSR count). The van der Waals surface area contributed by atoms with Gasteiger partial charge in [0.15, 0.2) is 0 Å². The van der Waals surface area contributed by atoms with E-state index in [0.717, 1.165) is 18.2 Å². The minimum Gasteiger partial charge on any atom is -0.397 e. The van der Waals surface area contributed by atoms with Crippen LogP contribution in [0.25, 0.3) is 0 Å². The second-order valence-electron chi connectivity index (χ2n) is 4.10. The van der Waals surface area contributed by atoms with Gasteiger partial charge in [-0.05, 0) is 19.9 Å². The number of nitrogens with zero attached hydrogens (tertiary/aromatic N) is 1. The lowest BCUT2D eigenvalue weighted by molar-refractivity contribution is -0.384. The van der Waals surface area contributed by atoms with Crippen LogP contribution in [0.2, 0.25) is 0 Å². The molecule has 1 aromatic carbocycles. The van der Waals surface area contributed by atoms with Crippen molar-refractivity contribution in [2.24, 2.45) is 0 Å². The summed E-state index contributed by atoms with van der Waals surface area (Å²) in [5.41, 5.74) is 5.12. The summed E-state index contributed by atoms with van der Waals surface area (Å²) in [5, 5.41) is 10.6. The van der Waals surface area contributed by atoms with Crippen molar-refractivity contribution in [3.63, 3.8) is 0 Å². The van der Waals surface area contributed by atoms with Gasteiger partial charge in [-0.2, -0.15) is 0 Å². The van der Waals surface area contributed by atoms with Gasteiger partial charge in [-0.15, -0.1) is 0 Å². The van der Waals surface area contributed by atoms with E-state index in [2.05, 4.69) is 4.72 Å². The molecular weight excluding hydrogens is 286 g/mol. The predicted octanol–water partition coefficient (Wildman–Crippen LogP) is 0.880. The summed E-state index contributed by atoms with van der Waals surface area (Å²) in [7, 11) is -3.82. The third-order valence-electron chi connectivity index (χ3n) is 2.51. The maximum atomic E-state index is 12.0. The largest absolute Gasteiger partial charge is 0.397 e. The van der Waals surface area contributed by atoms with Crippen LogP contribution in [-0.4, -0.2) is 32.6 Å². The molecule has 0 radical (unpaired) electrons. The lowest BCUT2D eigenvalue weighted by atomic mass is 10.3. The summed E-state index contributed by atoms with van der Waals surface area (Å²) in [6.45, 7) is 4.10. The highest BCUT2D eigenvalue weighted by molar-refractivity contribution is 7.89. The van der Waals surface area contributed by atoms with Crippen molar-refractivity contribution in [2.45, 2.75) is 24.8 Å². The van der Waals surface area contributed by atoms with Crippen molar-refractivity contribution in [2.75, 3.05) is 18.9 Å². The first kappa shape index (κ1) is 16.3. The average Bonchev–Trinajstić information content (AvgIpc) is 2.36. The molecule has 0 saturated carbocycles. The van der Waals surface area contributed by atoms with Crippen LogP contribution >= 0.6 is 0 Å². The van der Waals surface area contributed by atoms with Crippen LogP contribution in [0.15, 0.2) is 23.1 Å². The first-order chi connectivity index (χ1) is 9.27. The zero-order chi connectivity index (χ0) is 15.3. The van der Waals surface area contributed by atoms with E-state index in [1.807, 2.05) is 0 Å². The number of nitro groups is 1. The van der Waals surface area contributed by atoms with Gasteiger partial charge in [0.1, 0.15) is 4.90 Å². The van der Waals surface area contributed by atoms with Crippen LogP contribution in [0, 0.1) is 10.1 Å². The zero-order valence-electron chi connectivity index (χ0n) is 11.2. The highest BCUT2D eigenvalue weighted by Gasteiger charge is 2.20. The Hall–Kier alpha value is -1.71. The lowest BCUT2D eigenvalue weighted by Crippen LogP contribution is -2.32. The summed E-state index contributed by atoms with van der Waals surface area (Å²) in [5.74, 6) is 0. The number of rotatable bonds is 7. The number of anilines is 1. The molecule has 0 spiro atoms. The van der Waals surface area contributed by atoms with Crippen molar-refractivity contribution in [3.8, 4) is 0 Å². The fourth-order valence-corrected chi connectivity index (χ4v) is 2.77. The number of nitrogens with two attached hydrogens (primary N) is 1. The number of nitrogen functional groups attached to an aromatic ring is 1. The molecule has 112 valence electrons. The number of nitro benzene ring substituents is 1. The second-order valence-corrected chi connectivity index (χ2v) is 5.83. The molecule has 8 nitrogen and oxygen atoms in total. The maximum absolute atomic E-state index is 12.0. The van der Waals surface area contributed by atoms with Crippen LogP contribution in [0.3, 0.4) is 0 Å². The number of non-ortho nitro benzene ring substituents is 1. The first-order valence-electron chi connectivity index (χ1n) is 5.93. The summed E-state index contributed by atoms with van der Waals surface area (Å²) in [4.78, 5) is 9.74. The summed E-state index contributed by atoms with van der Waals surface area (Å²) >= 11 is 0. The predicted molar refractivity (Wildman–Crippen MR) is 73.8 cm³/mol. The number of ether oxygens (including phenoxy) is 1. The van der Waals surface area contributed by atoms with E-state index >= 15 is 0 Å². The van der Waals surface area contributed by atoms with Gasteiger partial charge in [-0.3, -0.25) is 10.1 Å². The van der Waals surface area contributed by atoms with E-state index in [4.69, 9.17) is 10.5 Å². The number of nitrogens with one attached hydrogen (secondary N) is 1. The van der Waals surface area contributed by atoms with E-state index in [1.165, 1.54) is 0 Å². The molecule has 0 heterocycles. The topological polar surface area (TPSA) is 125 Å². The van der Waals surface area contributed by atoms with Crippen LogP contribution < -0.4 is 10.5 Å². The normalized spacial score (nSPS) is 13.1. The molecular formula is C11H17N3O5S. The Bertz CT molecular complexity index is 588. The van der Waals surface area contributed by atoms with E-state index in [9.17, 15) is 18.5 Å². The molecule has 3 N–H and O–H groups in total. The minimum atomic E-state index is -3.82. The van der Waals surface area contributed by atoms with Crippen LogP contribution in [0.5, 0.6) is 0 Å². The SMILES string of the molecule is CCOC(C)CNS(=O)(=O)c1ccc([N+](=O)[O-])cc1N. The molecule has 1 atom stereocenters. The Morgan fingerprint density at radius 3 is 2.65 bits per heavy atom. The molecule has 1 aromatic rings. The average molecular weight is 303 g/mol. The maximum Gasteiger partial charge on any atom is 0.271 e. The van der Waals surface area contributed by atoms with Gasteiger partial charge < -0.3 is 10.5 Å². The molecule has 9 heteroatoms. The molecule has 20 heavy (non-hydrogen) atoms. The molecule has 0 aliphatic heterocycles. The van der Waals surface area contributed by atoms with Gasteiger partial charge in [-0.25, -0.2) is 13.1 Å². The number of benzene rings is 1. The summed E-state index contributed by atoms with van der Waals surface area (Å²) < 4.78 is 31.6. The Morgan fingerprint density at radius 2 is 2.15 bits per heavy atom. The molecule has 0 aromatic heterocycles. The van der Waals surface area contributed by atoms with E-state index in [-0.39, 0.29) is 28.9 Å². The Balaban J connectivity index is 2.90. The molecule has 0 amide bonds. The molecule has 0 aliphatic carbocycles. The number of hydrogen-bond acceptors (Lipinski definition) is 6. The highest BCUT2D eigenvalue weighted by atomic mass is 32.2. The van der Waals surface area contributed by atoms with Crippen LogP contribution in [-0.2, 0) is 14.8 Å². The molecule has 0 fully saturated rings. The third-order valence-corrected chi connectivity index (χ3v) is 4.00. The number of hydrogen-bond donors (Lipinski definition) is 2. The Morgan fingerprint density at radius 1 is 1.50 bits per heavy atom.